The molecule has 11 atom stereocenters. The average Bonchev–Trinajstić information content (AvgIpc) is 3.65. The van der Waals surface area contributed by atoms with Gasteiger partial charge in [-0.15, -0.1) is 6.58 Å². The molecule has 0 spiro atoms. The number of thiophene rings is 1. The van der Waals surface area contributed by atoms with Crippen LogP contribution in [0.25, 0.3) is 6.08 Å². The molecule has 1 amide bonds. The van der Waals surface area contributed by atoms with Crippen LogP contribution in [0.5, 0.6) is 0 Å². The quantitative estimate of drug-likeness (QED) is 0.211. The van der Waals surface area contributed by atoms with E-state index < -0.39 is 71.8 Å². The van der Waals surface area contributed by atoms with Gasteiger partial charge in [0.25, 0.3) is 11.7 Å². The third-order valence-electron chi connectivity index (χ3n) is 11.2. The lowest BCUT2D eigenvalue weighted by Crippen LogP contribution is -2.64. The van der Waals surface area contributed by atoms with Gasteiger partial charge in [-0.05, 0) is 97.2 Å². The first-order chi connectivity index (χ1) is 25.1. The van der Waals surface area contributed by atoms with Crippen LogP contribution in [0.2, 0.25) is 0 Å². The summed E-state index contributed by atoms with van der Waals surface area (Å²) in [5.41, 5.74) is 2.08. The molecule has 2 saturated heterocycles. The van der Waals surface area contributed by atoms with E-state index in [-0.39, 0.29) is 43.4 Å². The molecule has 1 aromatic rings. The third-order valence-corrected chi connectivity index (χ3v) is 11.9. The molecule has 0 radical (unpaired) electrons. The van der Waals surface area contributed by atoms with Crippen LogP contribution in [0.1, 0.15) is 91.5 Å². The summed E-state index contributed by atoms with van der Waals surface area (Å²) in [7, 11) is 3.06. The summed E-state index contributed by atoms with van der Waals surface area (Å²) < 4.78 is 24.1. The Morgan fingerprint density at radius 1 is 1.08 bits per heavy atom. The molecule has 53 heavy (non-hydrogen) atoms. The number of fused-ring (bicyclic) bond motifs is 3. The molecule has 0 saturated carbocycles. The zero-order valence-electron chi connectivity index (χ0n) is 32.3. The highest BCUT2D eigenvalue weighted by Gasteiger charge is 2.56. The van der Waals surface area contributed by atoms with E-state index in [1.54, 1.807) is 26.8 Å². The minimum Gasteiger partial charge on any atom is -0.456 e. The van der Waals surface area contributed by atoms with Crippen LogP contribution >= 0.6 is 11.3 Å². The first-order valence-corrected chi connectivity index (χ1v) is 19.8. The molecule has 3 aliphatic heterocycles. The number of cyclic esters (lactones) is 1. The summed E-state index contributed by atoms with van der Waals surface area (Å²) in [5, 5.41) is 27.4. The second kappa shape index (κ2) is 19.0. The number of ketones is 2. The maximum absolute atomic E-state index is 14.1. The molecule has 2 fully saturated rings. The molecular weight excluding hydrogens is 699 g/mol. The summed E-state index contributed by atoms with van der Waals surface area (Å²) >= 11 is 1.51. The molecule has 2 N–H and O–H groups in total. The fourth-order valence-corrected chi connectivity index (χ4v) is 8.75. The summed E-state index contributed by atoms with van der Waals surface area (Å²) in [6.45, 7) is 13.2. The number of aliphatic hydroxyl groups is 2. The lowest BCUT2D eigenvalue weighted by atomic mass is 9.81. The predicted octanol–water partition coefficient (Wildman–Crippen LogP) is 5.68. The Morgan fingerprint density at radius 3 is 2.42 bits per heavy atom. The molecule has 2 bridgehead atoms. The van der Waals surface area contributed by atoms with Gasteiger partial charge in [0.05, 0.1) is 18.3 Å². The molecule has 4 rings (SSSR count). The van der Waals surface area contributed by atoms with Gasteiger partial charge in [-0.3, -0.25) is 14.4 Å². The van der Waals surface area contributed by atoms with Crippen LogP contribution in [0.15, 0.2) is 46.7 Å². The summed E-state index contributed by atoms with van der Waals surface area (Å²) in [6.07, 6.45) is 4.24. The maximum Gasteiger partial charge on any atom is 0.329 e. The Hall–Kier alpha value is -3.00. The standard InChI is InChI=1S/C41H59NO10S/c1-9-12-30-18-24(2)17-25(3)19-34(49-7)37-35(50-8)21-27(5)41(48,52-37)38(45)39(46)42-15-11-10-13-31(42)40(47)51-36(28(6)32(43)22-33(30)44)26(4)20-29-14-16-53-23-29/h9,14,16,18,20,23-25,27-28,31-32,34-37,43,48H,1,10-13,15,17,19,21-22H2,2-8H3/b26-20?,30-18+. The lowest BCUT2D eigenvalue weighted by molar-refractivity contribution is -0.302. The maximum atomic E-state index is 14.1. The number of esters is 1. The van der Waals surface area contributed by atoms with Gasteiger partial charge in [0.2, 0.25) is 5.79 Å². The van der Waals surface area contributed by atoms with E-state index in [2.05, 4.69) is 13.5 Å². The van der Waals surface area contributed by atoms with E-state index in [0.29, 0.717) is 43.3 Å². The molecule has 12 heteroatoms. The number of methoxy groups -OCH3 is 2. The van der Waals surface area contributed by atoms with Crippen molar-refractivity contribution < 1.29 is 48.3 Å². The van der Waals surface area contributed by atoms with Crippen molar-refractivity contribution in [3.8, 4) is 0 Å². The number of amides is 1. The van der Waals surface area contributed by atoms with E-state index in [1.807, 2.05) is 35.9 Å². The van der Waals surface area contributed by atoms with E-state index in [1.165, 1.54) is 30.5 Å². The largest absolute Gasteiger partial charge is 0.456 e. The van der Waals surface area contributed by atoms with Gasteiger partial charge >= 0.3 is 5.97 Å². The zero-order valence-corrected chi connectivity index (χ0v) is 33.1. The Bertz CT molecular complexity index is 1510. The Balaban J connectivity index is 1.79. The van der Waals surface area contributed by atoms with Gasteiger partial charge in [-0.2, -0.15) is 11.3 Å². The molecular formula is C41H59NO10S. The molecule has 4 heterocycles. The fraction of sp³-hybridized carbons (Fsp3) is 0.659. The number of Topliss-reactive ketones (excluding diaryl/α,β-unsaturated/α-hetero) is 2. The second-order valence-corrected chi connectivity index (χ2v) is 16.2. The van der Waals surface area contributed by atoms with Crippen LogP contribution in [-0.2, 0) is 38.1 Å². The molecule has 1 aromatic heterocycles. The third kappa shape index (κ3) is 10.2. The van der Waals surface area contributed by atoms with Gasteiger partial charge in [0, 0.05) is 39.0 Å². The number of aliphatic hydroxyl groups excluding tert-OH is 1. The van der Waals surface area contributed by atoms with Crippen molar-refractivity contribution in [1.29, 1.82) is 0 Å². The van der Waals surface area contributed by atoms with E-state index in [9.17, 15) is 29.4 Å². The molecule has 3 aliphatic rings. The first kappa shape index (κ1) is 42.7. The SMILES string of the molecule is C=CC/C1=C\C(C)CC(C)CC(OC)C2OC(O)(C(=O)C(=O)N3CCCCC3C(=O)OC(C(C)=Cc3ccsc3)C(C)C(O)CC1=O)C(C)CC2OC. The minimum atomic E-state index is -2.49. The number of carbonyl (C=O) groups excluding carboxylic acids is 4. The molecule has 11 unspecified atom stereocenters. The van der Waals surface area contributed by atoms with E-state index >= 15 is 0 Å². The van der Waals surface area contributed by atoms with Crippen molar-refractivity contribution in [1.82, 2.24) is 4.90 Å². The molecule has 0 aliphatic carbocycles. The highest BCUT2D eigenvalue weighted by atomic mass is 32.1. The number of allylic oxidation sites excluding steroid dienone is 3. The van der Waals surface area contributed by atoms with Crippen LogP contribution in [0.4, 0.5) is 0 Å². The van der Waals surface area contributed by atoms with Crippen molar-refractivity contribution >= 4 is 40.9 Å². The Morgan fingerprint density at radius 2 is 1.77 bits per heavy atom. The Labute approximate surface area is 318 Å². The van der Waals surface area contributed by atoms with Crippen molar-refractivity contribution in [2.24, 2.45) is 23.7 Å². The van der Waals surface area contributed by atoms with E-state index in [4.69, 9.17) is 18.9 Å². The number of hydrogen-bond acceptors (Lipinski definition) is 11. The molecule has 11 nitrogen and oxygen atoms in total. The minimum absolute atomic E-state index is 0.0337. The monoisotopic (exact) mass is 757 g/mol. The first-order valence-electron chi connectivity index (χ1n) is 18.9. The highest BCUT2D eigenvalue weighted by Crippen LogP contribution is 2.39. The molecule has 0 aromatic carbocycles. The Kier molecular flexibility index (Phi) is 15.4. The zero-order chi connectivity index (χ0) is 39.0. The van der Waals surface area contributed by atoms with Crippen molar-refractivity contribution in [2.45, 2.75) is 128 Å². The number of rotatable bonds is 6. The van der Waals surface area contributed by atoms with Crippen LogP contribution in [-0.4, -0.2) is 102 Å². The fourth-order valence-electron chi connectivity index (χ4n) is 8.13. The number of hydrogen-bond donors (Lipinski definition) is 2. The molecule has 294 valence electrons. The van der Waals surface area contributed by atoms with Gasteiger partial charge < -0.3 is 34.1 Å². The van der Waals surface area contributed by atoms with Crippen LogP contribution in [0, 0.1) is 23.7 Å². The van der Waals surface area contributed by atoms with Crippen molar-refractivity contribution in [2.75, 3.05) is 20.8 Å². The van der Waals surface area contributed by atoms with Crippen LogP contribution in [0.3, 0.4) is 0 Å². The number of carbonyl (C=O) groups is 4. The normalized spacial score (nSPS) is 37.2. The number of nitrogens with zero attached hydrogens (tertiary/aromatic N) is 1. The summed E-state index contributed by atoms with van der Waals surface area (Å²) in [6, 6.07) is 0.807. The van der Waals surface area contributed by atoms with Crippen molar-refractivity contribution in [3.63, 3.8) is 0 Å². The lowest BCUT2D eigenvalue weighted by Gasteiger charge is -2.47. The topological polar surface area (TPSA) is 149 Å². The average molecular weight is 758 g/mol. The number of ether oxygens (including phenoxy) is 4. The number of piperidine rings is 1. The van der Waals surface area contributed by atoms with Gasteiger partial charge in [0.1, 0.15) is 18.2 Å². The highest BCUT2D eigenvalue weighted by molar-refractivity contribution is 7.08. The second-order valence-electron chi connectivity index (χ2n) is 15.4. The summed E-state index contributed by atoms with van der Waals surface area (Å²) in [4.78, 5) is 57.3. The van der Waals surface area contributed by atoms with Gasteiger partial charge in [-0.1, -0.05) is 45.9 Å². The van der Waals surface area contributed by atoms with Gasteiger partial charge in [-0.25, -0.2) is 4.79 Å². The van der Waals surface area contributed by atoms with Crippen molar-refractivity contribution in [3.05, 3.63) is 52.3 Å². The smallest absolute Gasteiger partial charge is 0.329 e. The van der Waals surface area contributed by atoms with Crippen LogP contribution < -0.4 is 0 Å². The van der Waals surface area contributed by atoms with E-state index in [0.717, 1.165) is 5.56 Å². The predicted molar refractivity (Wildman–Crippen MR) is 203 cm³/mol. The van der Waals surface area contributed by atoms with Gasteiger partial charge in [0.15, 0.2) is 5.78 Å². The summed E-state index contributed by atoms with van der Waals surface area (Å²) in [5.74, 6) is -7.13.